The van der Waals surface area contributed by atoms with Crippen LogP contribution < -0.4 is 9.47 Å². The SMILES string of the molecule is COc1ccc([C@@H]2OC(C)(C)[C@H]3C[C@H]2[C@H](C)[C@@H](O)C3)cc1OC(F)F. The zero-order valence-corrected chi connectivity index (χ0v) is 15.0. The topological polar surface area (TPSA) is 47.9 Å². The molecule has 0 radical (unpaired) electrons. The fourth-order valence-corrected chi connectivity index (χ4v) is 4.28. The highest BCUT2D eigenvalue weighted by Crippen LogP contribution is 2.53. The van der Waals surface area contributed by atoms with Crippen molar-refractivity contribution < 1.29 is 28.1 Å². The Morgan fingerprint density at radius 3 is 2.60 bits per heavy atom. The van der Waals surface area contributed by atoms with Crippen LogP contribution in [0.2, 0.25) is 0 Å². The van der Waals surface area contributed by atoms with E-state index in [-0.39, 0.29) is 47.1 Å². The van der Waals surface area contributed by atoms with Crippen molar-refractivity contribution in [1.29, 1.82) is 0 Å². The molecule has 0 spiro atoms. The van der Waals surface area contributed by atoms with Crippen molar-refractivity contribution >= 4 is 0 Å². The minimum Gasteiger partial charge on any atom is -0.493 e. The quantitative estimate of drug-likeness (QED) is 0.880. The molecule has 1 aliphatic heterocycles. The summed E-state index contributed by atoms with van der Waals surface area (Å²) in [6.45, 7) is 3.17. The van der Waals surface area contributed by atoms with Crippen molar-refractivity contribution in [2.45, 2.75) is 58.0 Å². The Kier molecular flexibility index (Phi) is 4.95. The predicted molar refractivity (Wildman–Crippen MR) is 88.9 cm³/mol. The number of halogens is 2. The molecule has 2 bridgehead atoms. The number of rotatable bonds is 4. The van der Waals surface area contributed by atoms with E-state index < -0.39 is 6.61 Å². The van der Waals surface area contributed by atoms with Crippen LogP contribution in [0.3, 0.4) is 0 Å². The minimum atomic E-state index is -2.92. The molecule has 0 amide bonds. The lowest BCUT2D eigenvalue weighted by molar-refractivity contribution is -0.215. The van der Waals surface area contributed by atoms with Gasteiger partial charge in [0.2, 0.25) is 0 Å². The lowest BCUT2D eigenvalue weighted by atomic mass is 9.63. The van der Waals surface area contributed by atoms with Gasteiger partial charge in [-0.25, -0.2) is 0 Å². The number of hydrogen-bond acceptors (Lipinski definition) is 4. The van der Waals surface area contributed by atoms with Crippen molar-refractivity contribution in [2.24, 2.45) is 17.8 Å². The van der Waals surface area contributed by atoms with Crippen LogP contribution in [0, 0.1) is 17.8 Å². The van der Waals surface area contributed by atoms with Gasteiger partial charge in [0, 0.05) is 0 Å². The molecule has 6 heteroatoms. The molecule has 1 saturated carbocycles. The van der Waals surface area contributed by atoms with Crippen LogP contribution >= 0.6 is 0 Å². The third-order valence-electron chi connectivity index (χ3n) is 5.90. The summed E-state index contributed by atoms with van der Waals surface area (Å²) in [6.07, 6.45) is 1.04. The van der Waals surface area contributed by atoms with Crippen LogP contribution in [0.4, 0.5) is 8.78 Å². The Balaban J connectivity index is 1.96. The van der Waals surface area contributed by atoms with E-state index in [2.05, 4.69) is 4.74 Å². The smallest absolute Gasteiger partial charge is 0.387 e. The van der Waals surface area contributed by atoms with Gasteiger partial charge in [-0.3, -0.25) is 0 Å². The van der Waals surface area contributed by atoms with Crippen LogP contribution in [0.25, 0.3) is 0 Å². The highest BCUT2D eigenvalue weighted by molar-refractivity contribution is 5.44. The maximum Gasteiger partial charge on any atom is 0.387 e. The standard InChI is InChI=1S/C19H26F2O4/c1-10-13-8-12(9-14(10)22)19(2,3)25-17(13)11-5-6-15(23-4)16(7-11)24-18(20)21/h5-7,10,12-14,17-18,22H,8-9H2,1-4H3/t10-,12-,13-,14-,17-/m0/s1. The Morgan fingerprint density at radius 1 is 1.24 bits per heavy atom. The summed E-state index contributed by atoms with van der Waals surface area (Å²) in [5.41, 5.74) is 0.389. The predicted octanol–water partition coefficient (Wildman–Crippen LogP) is 4.17. The molecule has 25 heavy (non-hydrogen) atoms. The van der Waals surface area contributed by atoms with Crippen molar-refractivity contribution in [3.05, 3.63) is 23.8 Å². The number of hydrogen-bond donors (Lipinski definition) is 1. The summed E-state index contributed by atoms with van der Waals surface area (Å²) in [5.74, 6) is 0.764. The molecular weight excluding hydrogens is 330 g/mol. The van der Waals surface area contributed by atoms with Gasteiger partial charge in [0.1, 0.15) is 0 Å². The number of aliphatic hydroxyl groups excluding tert-OH is 1. The van der Waals surface area contributed by atoms with Gasteiger partial charge in [0.25, 0.3) is 0 Å². The van der Waals surface area contributed by atoms with Crippen molar-refractivity contribution in [1.82, 2.24) is 0 Å². The molecule has 1 aromatic rings. The molecule has 0 aromatic heterocycles. The number of benzene rings is 1. The summed E-state index contributed by atoms with van der Waals surface area (Å²) in [7, 11) is 1.41. The van der Waals surface area contributed by atoms with Gasteiger partial charge in [0.05, 0.1) is 24.9 Å². The molecule has 4 nitrogen and oxygen atoms in total. The average Bonchev–Trinajstić information content (AvgIpc) is 2.54. The first kappa shape index (κ1) is 18.4. The van der Waals surface area contributed by atoms with E-state index in [0.29, 0.717) is 0 Å². The number of methoxy groups -OCH3 is 1. The minimum absolute atomic E-state index is 0.00235. The number of fused-ring (bicyclic) bond motifs is 2. The molecule has 1 aliphatic carbocycles. The van der Waals surface area contributed by atoms with Crippen LogP contribution in [0.15, 0.2) is 18.2 Å². The van der Waals surface area contributed by atoms with Crippen LogP contribution in [-0.2, 0) is 4.74 Å². The zero-order valence-electron chi connectivity index (χ0n) is 15.0. The van der Waals surface area contributed by atoms with Gasteiger partial charge in [-0.1, -0.05) is 13.0 Å². The monoisotopic (exact) mass is 356 g/mol. The number of alkyl halides is 2. The first-order chi connectivity index (χ1) is 11.7. The molecule has 3 rings (SSSR count). The Morgan fingerprint density at radius 2 is 1.96 bits per heavy atom. The lowest BCUT2D eigenvalue weighted by Gasteiger charge is -2.53. The second-order valence-electron chi connectivity index (χ2n) is 7.69. The van der Waals surface area contributed by atoms with E-state index >= 15 is 0 Å². The van der Waals surface area contributed by atoms with Crippen LogP contribution in [0.5, 0.6) is 11.5 Å². The third kappa shape index (κ3) is 3.47. The van der Waals surface area contributed by atoms with Crippen LogP contribution in [0.1, 0.15) is 45.3 Å². The summed E-state index contributed by atoms with van der Waals surface area (Å²) in [4.78, 5) is 0. The van der Waals surface area contributed by atoms with Gasteiger partial charge < -0.3 is 19.3 Å². The maximum atomic E-state index is 12.7. The van der Waals surface area contributed by atoms with Gasteiger partial charge in [0.15, 0.2) is 11.5 Å². The van der Waals surface area contributed by atoms with Gasteiger partial charge in [-0.05, 0) is 62.1 Å². The Hall–Kier alpha value is -1.40. The fourth-order valence-electron chi connectivity index (χ4n) is 4.28. The second-order valence-corrected chi connectivity index (χ2v) is 7.69. The van der Waals surface area contributed by atoms with Crippen LogP contribution in [-0.4, -0.2) is 30.5 Å². The molecule has 2 fully saturated rings. The van der Waals surface area contributed by atoms with Crippen molar-refractivity contribution in [2.75, 3.05) is 7.11 Å². The highest BCUT2D eigenvalue weighted by atomic mass is 19.3. The molecule has 1 saturated heterocycles. The molecule has 2 aliphatic rings. The molecule has 1 heterocycles. The van der Waals surface area contributed by atoms with Crippen molar-refractivity contribution in [3.63, 3.8) is 0 Å². The highest BCUT2D eigenvalue weighted by Gasteiger charge is 2.50. The fraction of sp³-hybridized carbons (Fsp3) is 0.684. The van der Waals surface area contributed by atoms with E-state index in [1.54, 1.807) is 12.1 Å². The largest absolute Gasteiger partial charge is 0.493 e. The van der Waals surface area contributed by atoms with Crippen molar-refractivity contribution in [3.8, 4) is 11.5 Å². The molecule has 1 aromatic carbocycles. The van der Waals surface area contributed by atoms with E-state index in [9.17, 15) is 13.9 Å². The molecule has 1 N–H and O–H groups in total. The van der Waals surface area contributed by atoms with Gasteiger partial charge in [-0.2, -0.15) is 8.78 Å². The Labute approximate surface area is 147 Å². The second kappa shape index (κ2) is 6.72. The normalized spacial score (nSPS) is 34.0. The van der Waals surface area contributed by atoms with E-state index in [4.69, 9.17) is 9.47 Å². The van der Waals surface area contributed by atoms with Gasteiger partial charge >= 0.3 is 6.61 Å². The molecule has 0 unspecified atom stereocenters. The van der Waals surface area contributed by atoms with Gasteiger partial charge in [-0.15, -0.1) is 0 Å². The third-order valence-corrected chi connectivity index (χ3v) is 5.90. The van der Waals surface area contributed by atoms with E-state index in [1.807, 2.05) is 26.8 Å². The first-order valence-corrected chi connectivity index (χ1v) is 8.71. The zero-order chi connectivity index (χ0) is 18.4. The summed E-state index contributed by atoms with van der Waals surface area (Å²) in [5, 5.41) is 10.4. The molecule has 5 atom stereocenters. The summed E-state index contributed by atoms with van der Waals surface area (Å²) < 4.78 is 41.5. The Bertz CT molecular complexity index is 619. The number of ether oxygens (including phenoxy) is 3. The summed E-state index contributed by atoms with van der Waals surface area (Å²) in [6, 6.07) is 5.02. The maximum absolute atomic E-state index is 12.7. The number of aliphatic hydroxyl groups is 1. The van der Waals surface area contributed by atoms with E-state index in [0.717, 1.165) is 18.4 Å². The lowest BCUT2D eigenvalue weighted by Crippen LogP contribution is -2.52. The molecule has 140 valence electrons. The first-order valence-electron chi connectivity index (χ1n) is 8.71. The summed E-state index contributed by atoms with van der Waals surface area (Å²) >= 11 is 0. The van der Waals surface area contributed by atoms with E-state index in [1.165, 1.54) is 7.11 Å². The molecular formula is C19H26F2O4. The average molecular weight is 356 g/mol.